The molecule has 31 heavy (non-hydrogen) atoms. The third-order valence-corrected chi connectivity index (χ3v) is 5.15. The van der Waals surface area contributed by atoms with Gasteiger partial charge in [-0.3, -0.25) is 0 Å². The summed E-state index contributed by atoms with van der Waals surface area (Å²) in [4.78, 5) is 9.41. The van der Waals surface area contributed by atoms with E-state index >= 15 is 0 Å². The lowest BCUT2D eigenvalue weighted by Crippen LogP contribution is -2.24. The molecule has 4 rings (SSSR count). The van der Waals surface area contributed by atoms with Crippen LogP contribution in [0, 0.1) is 13.8 Å². The standard InChI is InChI=1S/C23H26N6O2/c1-15-10-11-17(12-16(15)2)26-21-19-13-25-29(18-8-6-5-7-9-18)22(19)28-23(27-21)24-14-20(30-3)31-4/h5-13,20H,14H2,1-4H3,(H2,24,26,27,28). The zero-order chi connectivity index (χ0) is 21.8. The van der Waals surface area contributed by atoms with Crippen molar-refractivity contribution >= 4 is 28.5 Å². The van der Waals surface area contributed by atoms with E-state index in [-0.39, 0.29) is 0 Å². The van der Waals surface area contributed by atoms with Crippen LogP contribution < -0.4 is 10.6 Å². The van der Waals surface area contributed by atoms with Crippen molar-refractivity contribution in [2.45, 2.75) is 20.1 Å². The van der Waals surface area contributed by atoms with Gasteiger partial charge in [-0.1, -0.05) is 24.3 Å². The summed E-state index contributed by atoms with van der Waals surface area (Å²) in [5, 5.41) is 12.0. The third-order valence-electron chi connectivity index (χ3n) is 5.15. The van der Waals surface area contributed by atoms with Crippen LogP contribution >= 0.6 is 0 Å². The van der Waals surface area contributed by atoms with Gasteiger partial charge in [0.2, 0.25) is 5.95 Å². The van der Waals surface area contributed by atoms with Crippen molar-refractivity contribution in [2.75, 3.05) is 31.4 Å². The summed E-state index contributed by atoms with van der Waals surface area (Å²) >= 11 is 0. The summed E-state index contributed by atoms with van der Waals surface area (Å²) in [5.74, 6) is 1.12. The van der Waals surface area contributed by atoms with E-state index in [9.17, 15) is 0 Å². The number of anilines is 3. The smallest absolute Gasteiger partial charge is 0.226 e. The van der Waals surface area contributed by atoms with Gasteiger partial charge >= 0.3 is 0 Å². The Bertz CT molecular complexity index is 1170. The van der Waals surface area contributed by atoms with Gasteiger partial charge in [-0.25, -0.2) is 4.68 Å². The highest BCUT2D eigenvalue weighted by Crippen LogP contribution is 2.27. The van der Waals surface area contributed by atoms with Crippen molar-refractivity contribution in [1.29, 1.82) is 0 Å². The fourth-order valence-corrected chi connectivity index (χ4v) is 3.23. The van der Waals surface area contributed by atoms with Gasteiger partial charge in [-0.2, -0.15) is 15.1 Å². The molecule has 0 atom stereocenters. The Hall–Kier alpha value is -3.49. The fourth-order valence-electron chi connectivity index (χ4n) is 3.23. The second-order valence-electron chi connectivity index (χ2n) is 7.23. The van der Waals surface area contributed by atoms with Crippen LogP contribution in [-0.4, -0.2) is 46.8 Å². The van der Waals surface area contributed by atoms with E-state index in [0.717, 1.165) is 16.8 Å². The number of aryl methyl sites for hydroxylation is 2. The van der Waals surface area contributed by atoms with E-state index in [1.807, 2.05) is 36.4 Å². The van der Waals surface area contributed by atoms with E-state index in [0.29, 0.717) is 24.0 Å². The first kappa shape index (κ1) is 20.8. The Balaban J connectivity index is 1.77. The van der Waals surface area contributed by atoms with Crippen LogP contribution in [-0.2, 0) is 9.47 Å². The molecule has 2 N–H and O–H groups in total. The number of methoxy groups -OCH3 is 2. The molecule has 2 aromatic heterocycles. The van der Waals surface area contributed by atoms with Crippen LogP contribution in [0.1, 0.15) is 11.1 Å². The predicted molar refractivity (Wildman–Crippen MR) is 122 cm³/mol. The van der Waals surface area contributed by atoms with Gasteiger partial charge < -0.3 is 20.1 Å². The number of ether oxygens (including phenoxy) is 2. The minimum Gasteiger partial charge on any atom is -0.354 e. The summed E-state index contributed by atoms with van der Waals surface area (Å²) < 4.78 is 12.3. The molecule has 8 heteroatoms. The van der Waals surface area contributed by atoms with Gasteiger partial charge in [0.05, 0.1) is 23.8 Å². The molecule has 0 saturated heterocycles. The molecule has 0 bridgehead atoms. The number of rotatable bonds is 8. The number of nitrogens with one attached hydrogen (secondary N) is 2. The van der Waals surface area contributed by atoms with E-state index in [1.165, 1.54) is 11.1 Å². The predicted octanol–water partition coefficient (Wildman–Crippen LogP) is 4.21. The van der Waals surface area contributed by atoms with Crippen LogP contribution in [0.15, 0.2) is 54.7 Å². The maximum Gasteiger partial charge on any atom is 0.226 e. The summed E-state index contributed by atoms with van der Waals surface area (Å²) in [5.41, 5.74) is 5.01. The number of nitrogens with zero attached hydrogens (tertiary/aromatic N) is 4. The number of hydrogen-bond donors (Lipinski definition) is 2. The van der Waals surface area contributed by atoms with Crippen LogP contribution in [0.3, 0.4) is 0 Å². The van der Waals surface area contributed by atoms with Gasteiger partial charge in [0, 0.05) is 19.9 Å². The molecule has 0 unspecified atom stereocenters. The number of fused-ring (bicyclic) bond motifs is 1. The molecular formula is C23H26N6O2. The molecule has 0 aliphatic rings. The van der Waals surface area contributed by atoms with Gasteiger partial charge in [-0.05, 0) is 49.2 Å². The fraction of sp³-hybridized carbons (Fsp3) is 0.261. The van der Waals surface area contributed by atoms with Gasteiger partial charge in [0.1, 0.15) is 5.82 Å². The Morgan fingerprint density at radius 1 is 0.968 bits per heavy atom. The first-order valence-corrected chi connectivity index (χ1v) is 10.0. The van der Waals surface area contributed by atoms with Gasteiger partial charge in [0.15, 0.2) is 11.9 Å². The number of para-hydroxylation sites is 1. The molecule has 2 aromatic carbocycles. The Morgan fingerprint density at radius 3 is 2.45 bits per heavy atom. The molecular weight excluding hydrogens is 392 g/mol. The van der Waals surface area contributed by atoms with Crippen molar-refractivity contribution < 1.29 is 9.47 Å². The van der Waals surface area contributed by atoms with Gasteiger partial charge in [-0.15, -0.1) is 0 Å². The highest BCUT2D eigenvalue weighted by molar-refractivity contribution is 5.90. The number of benzene rings is 2. The molecule has 0 radical (unpaired) electrons. The first-order chi connectivity index (χ1) is 15.1. The van der Waals surface area contributed by atoms with Crippen molar-refractivity contribution in [3.8, 4) is 5.69 Å². The minimum absolute atomic E-state index is 0.404. The Kier molecular flexibility index (Phi) is 6.11. The van der Waals surface area contributed by atoms with E-state index < -0.39 is 6.29 Å². The quantitative estimate of drug-likeness (QED) is 0.415. The average Bonchev–Trinajstić information content (AvgIpc) is 3.22. The molecule has 2 heterocycles. The molecule has 4 aromatic rings. The van der Waals surface area contributed by atoms with E-state index in [2.05, 4.69) is 41.7 Å². The lowest BCUT2D eigenvalue weighted by atomic mass is 10.1. The van der Waals surface area contributed by atoms with Crippen molar-refractivity contribution in [3.63, 3.8) is 0 Å². The Labute approximate surface area is 181 Å². The summed E-state index contributed by atoms with van der Waals surface area (Å²) in [6.45, 7) is 4.59. The Morgan fingerprint density at radius 2 is 1.74 bits per heavy atom. The maximum absolute atomic E-state index is 5.26. The number of hydrogen-bond acceptors (Lipinski definition) is 7. The normalized spacial score (nSPS) is 11.3. The summed E-state index contributed by atoms with van der Waals surface area (Å²) in [7, 11) is 3.19. The van der Waals surface area contributed by atoms with Crippen LogP contribution in [0.5, 0.6) is 0 Å². The zero-order valence-corrected chi connectivity index (χ0v) is 18.1. The van der Waals surface area contributed by atoms with Gasteiger partial charge in [0.25, 0.3) is 0 Å². The highest BCUT2D eigenvalue weighted by Gasteiger charge is 2.15. The second-order valence-corrected chi connectivity index (χ2v) is 7.23. The third kappa shape index (κ3) is 4.50. The van der Waals surface area contributed by atoms with Crippen molar-refractivity contribution in [3.05, 3.63) is 65.9 Å². The van der Waals surface area contributed by atoms with Crippen molar-refractivity contribution in [2.24, 2.45) is 0 Å². The van der Waals surface area contributed by atoms with Crippen LogP contribution in [0.4, 0.5) is 17.5 Å². The van der Waals surface area contributed by atoms with Crippen LogP contribution in [0.2, 0.25) is 0 Å². The average molecular weight is 419 g/mol. The molecule has 0 aliphatic heterocycles. The molecule has 160 valence electrons. The summed E-state index contributed by atoms with van der Waals surface area (Å²) in [6.07, 6.45) is 1.37. The zero-order valence-electron chi connectivity index (χ0n) is 18.1. The molecule has 0 saturated carbocycles. The van der Waals surface area contributed by atoms with Crippen LogP contribution in [0.25, 0.3) is 16.7 Å². The molecule has 0 aliphatic carbocycles. The second kappa shape index (κ2) is 9.11. The molecule has 0 spiro atoms. The van der Waals surface area contributed by atoms with E-state index in [1.54, 1.807) is 25.1 Å². The topological polar surface area (TPSA) is 86.1 Å². The van der Waals surface area contributed by atoms with Crippen molar-refractivity contribution in [1.82, 2.24) is 19.7 Å². The largest absolute Gasteiger partial charge is 0.354 e. The van der Waals surface area contributed by atoms with E-state index in [4.69, 9.17) is 19.4 Å². The molecule has 0 fully saturated rings. The monoisotopic (exact) mass is 418 g/mol. The first-order valence-electron chi connectivity index (χ1n) is 10.0. The minimum atomic E-state index is -0.408. The molecule has 8 nitrogen and oxygen atoms in total. The number of aromatic nitrogens is 4. The lowest BCUT2D eigenvalue weighted by Gasteiger charge is -2.15. The highest BCUT2D eigenvalue weighted by atomic mass is 16.7. The molecule has 0 amide bonds. The SMILES string of the molecule is COC(CNc1nc(Nc2ccc(C)c(C)c2)c2cnn(-c3ccccc3)c2n1)OC. The summed E-state index contributed by atoms with van der Waals surface area (Å²) in [6, 6.07) is 16.1. The maximum atomic E-state index is 5.26. The lowest BCUT2D eigenvalue weighted by molar-refractivity contribution is -0.0914.